The van der Waals surface area contributed by atoms with Gasteiger partial charge in [-0.2, -0.15) is 0 Å². The highest BCUT2D eigenvalue weighted by atomic mass is 35.5. The van der Waals surface area contributed by atoms with Crippen LogP contribution in [0.4, 0.5) is 0 Å². The fourth-order valence-corrected chi connectivity index (χ4v) is 3.18. The number of halogens is 1. The molecule has 0 amide bonds. The fraction of sp³-hybridized carbons (Fsp3) is 0.118. The Bertz CT molecular complexity index is 1020. The lowest BCUT2D eigenvalue weighted by Gasteiger charge is -2.02. The third-order valence-electron chi connectivity index (χ3n) is 3.34. The van der Waals surface area contributed by atoms with Gasteiger partial charge in [0.1, 0.15) is 15.6 Å². The summed E-state index contributed by atoms with van der Waals surface area (Å²) in [7, 11) is 0. The van der Waals surface area contributed by atoms with Gasteiger partial charge in [-0.15, -0.1) is 0 Å². The first kappa shape index (κ1) is 17.2. The summed E-state index contributed by atoms with van der Waals surface area (Å²) < 4.78 is 6.52. The van der Waals surface area contributed by atoms with Crippen molar-refractivity contribution in [3.8, 4) is 5.75 Å². The second-order valence-corrected chi connectivity index (χ2v) is 6.39. The number of thiazole rings is 1. The Morgan fingerprint density at radius 1 is 1.36 bits per heavy atom. The SMILES string of the molecule is CCOc1ccc(/C=C/c2nc3sc(C(=O)O)cn3c(=O)c2Cl)cc1. The second kappa shape index (κ2) is 7.08. The Hall–Kier alpha value is -2.64. The van der Waals surface area contributed by atoms with Gasteiger partial charge in [-0.05, 0) is 30.7 Å². The van der Waals surface area contributed by atoms with E-state index in [1.165, 1.54) is 6.20 Å². The fourth-order valence-electron chi connectivity index (χ4n) is 2.16. The molecule has 0 saturated heterocycles. The number of benzene rings is 1. The van der Waals surface area contributed by atoms with Crippen LogP contribution in [0, 0.1) is 0 Å². The number of aromatic carboxylic acids is 1. The number of nitrogens with zero attached hydrogens (tertiary/aromatic N) is 2. The van der Waals surface area contributed by atoms with E-state index in [1.54, 1.807) is 12.2 Å². The van der Waals surface area contributed by atoms with E-state index in [-0.39, 0.29) is 14.9 Å². The minimum atomic E-state index is -1.11. The maximum atomic E-state index is 12.3. The molecule has 6 nitrogen and oxygen atoms in total. The van der Waals surface area contributed by atoms with Gasteiger partial charge in [0.25, 0.3) is 5.56 Å². The molecule has 0 fully saturated rings. The molecule has 0 aliphatic heterocycles. The first-order valence-electron chi connectivity index (χ1n) is 7.35. The third kappa shape index (κ3) is 3.57. The molecule has 128 valence electrons. The molecule has 3 rings (SSSR count). The first-order chi connectivity index (χ1) is 12.0. The number of aromatic nitrogens is 2. The van der Waals surface area contributed by atoms with Gasteiger partial charge in [0.15, 0.2) is 4.96 Å². The number of hydrogen-bond donors (Lipinski definition) is 1. The lowest BCUT2D eigenvalue weighted by Crippen LogP contribution is -2.14. The van der Waals surface area contributed by atoms with Crippen LogP contribution in [0.3, 0.4) is 0 Å². The number of rotatable bonds is 5. The normalized spacial score (nSPS) is 11.3. The van der Waals surface area contributed by atoms with Crippen molar-refractivity contribution >= 4 is 46.0 Å². The summed E-state index contributed by atoms with van der Waals surface area (Å²) in [5.41, 5.74) is 0.681. The monoisotopic (exact) mass is 376 g/mol. The van der Waals surface area contributed by atoms with Crippen molar-refractivity contribution in [3.63, 3.8) is 0 Å². The van der Waals surface area contributed by atoms with E-state index >= 15 is 0 Å². The van der Waals surface area contributed by atoms with Gasteiger partial charge in [0.05, 0.1) is 12.3 Å². The van der Waals surface area contributed by atoms with Crippen LogP contribution < -0.4 is 10.3 Å². The summed E-state index contributed by atoms with van der Waals surface area (Å²) in [6.07, 6.45) is 4.62. The molecule has 0 radical (unpaired) electrons. The van der Waals surface area contributed by atoms with E-state index in [9.17, 15) is 9.59 Å². The Kier molecular flexibility index (Phi) is 4.87. The van der Waals surface area contributed by atoms with Crippen molar-refractivity contribution in [1.29, 1.82) is 0 Å². The minimum Gasteiger partial charge on any atom is -0.494 e. The van der Waals surface area contributed by atoms with Gasteiger partial charge in [-0.25, -0.2) is 9.78 Å². The van der Waals surface area contributed by atoms with Crippen molar-refractivity contribution in [3.05, 3.63) is 62.0 Å². The average Bonchev–Trinajstić information content (AvgIpc) is 3.03. The summed E-state index contributed by atoms with van der Waals surface area (Å²) in [5.74, 6) is -0.340. The largest absolute Gasteiger partial charge is 0.494 e. The summed E-state index contributed by atoms with van der Waals surface area (Å²) in [4.78, 5) is 27.9. The molecule has 0 atom stereocenters. The lowest BCUT2D eigenvalue weighted by atomic mass is 10.2. The molecule has 0 aliphatic carbocycles. The van der Waals surface area contributed by atoms with E-state index in [2.05, 4.69) is 4.98 Å². The molecule has 3 aromatic rings. The smallest absolute Gasteiger partial charge is 0.347 e. The van der Waals surface area contributed by atoms with E-state index in [0.717, 1.165) is 27.1 Å². The van der Waals surface area contributed by atoms with Crippen molar-refractivity contribution in [2.45, 2.75) is 6.92 Å². The Morgan fingerprint density at radius 2 is 2.08 bits per heavy atom. The summed E-state index contributed by atoms with van der Waals surface area (Å²) in [6, 6.07) is 7.42. The van der Waals surface area contributed by atoms with Gasteiger partial charge in [-0.1, -0.05) is 41.1 Å². The molecule has 0 bridgehead atoms. The average molecular weight is 377 g/mol. The molecule has 0 aliphatic rings. The Morgan fingerprint density at radius 3 is 2.72 bits per heavy atom. The Labute approximate surface area is 151 Å². The van der Waals surface area contributed by atoms with E-state index in [0.29, 0.717) is 12.3 Å². The first-order valence-corrected chi connectivity index (χ1v) is 8.55. The van der Waals surface area contributed by atoms with Gasteiger partial charge in [-0.3, -0.25) is 9.20 Å². The zero-order valence-electron chi connectivity index (χ0n) is 13.1. The maximum Gasteiger partial charge on any atom is 0.347 e. The molecule has 25 heavy (non-hydrogen) atoms. The number of ether oxygens (including phenoxy) is 1. The zero-order chi connectivity index (χ0) is 18.0. The predicted molar refractivity (Wildman–Crippen MR) is 97.8 cm³/mol. The van der Waals surface area contributed by atoms with Crippen molar-refractivity contribution in [2.24, 2.45) is 0 Å². The summed E-state index contributed by atoms with van der Waals surface area (Å²) in [6.45, 7) is 2.51. The van der Waals surface area contributed by atoms with Crippen molar-refractivity contribution < 1.29 is 14.6 Å². The zero-order valence-corrected chi connectivity index (χ0v) is 14.7. The molecular weight excluding hydrogens is 364 g/mol. The number of carbonyl (C=O) groups is 1. The van der Waals surface area contributed by atoms with E-state index in [1.807, 2.05) is 31.2 Å². The quantitative estimate of drug-likeness (QED) is 0.734. The van der Waals surface area contributed by atoms with Gasteiger partial charge in [0.2, 0.25) is 0 Å². The summed E-state index contributed by atoms with van der Waals surface area (Å²) in [5, 5.41) is 8.98. The number of fused-ring (bicyclic) bond motifs is 1. The lowest BCUT2D eigenvalue weighted by molar-refractivity contribution is 0.0701. The molecule has 2 heterocycles. The molecule has 2 aromatic heterocycles. The second-order valence-electron chi connectivity index (χ2n) is 5.00. The standard InChI is InChI=1S/C17H13ClN2O4S/c1-2-24-11-6-3-10(4-7-11)5-8-12-14(18)15(21)20-9-13(16(22)23)25-17(20)19-12/h3-9H,2H2,1H3,(H,22,23)/b8-5+. The van der Waals surface area contributed by atoms with Gasteiger partial charge >= 0.3 is 5.97 Å². The van der Waals surface area contributed by atoms with Crippen LogP contribution >= 0.6 is 22.9 Å². The van der Waals surface area contributed by atoms with Crippen LogP contribution in [0.1, 0.15) is 27.9 Å². The molecular formula is C17H13ClN2O4S. The van der Waals surface area contributed by atoms with Crippen LogP contribution in [0.15, 0.2) is 35.3 Å². The molecule has 1 N–H and O–H groups in total. The molecule has 0 unspecified atom stereocenters. The van der Waals surface area contributed by atoms with Crippen LogP contribution in [0.2, 0.25) is 5.02 Å². The van der Waals surface area contributed by atoms with Gasteiger partial charge < -0.3 is 9.84 Å². The minimum absolute atomic E-state index is 0.0216. The molecule has 1 aromatic carbocycles. The van der Waals surface area contributed by atoms with Crippen LogP contribution in [-0.2, 0) is 0 Å². The maximum absolute atomic E-state index is 12.3. The highest BCUT2D eigenvalue weighted by molar-refractivity contribution is 7.18. The van der Waals surface area contributed by atoms with Crippen molar-refractivity contribution in [2.75, 3.05) is 6.61 Å². The van der Waals surface area contributed by atoms with E-state index in [4.69, 9.17) is 21.4 Å². The number of hydrogen-bond acceptors (Lipinski definition) is 5. The van der Waals surface area contributed by atoms with Crippen LogP contribution in [-0.4, -0.2) is 27.1 Å². The number of carboxylic acid groups (broad SMARTS) is 1. The third-order valence-corrected chi connectivity index (χ3v) is 4.66. The summed E-state index contributed by atoms with van der Waals surface area (Å²) >= 11 is 7.00. The van der Waals surface area contributed by atoms with Crippen LogP contribution in [0.5, 0.6) is 5.75 Å². The highest BCUT2D eigenvalue weighted by Crippen LogP contribution is 2.20. The molecule has 0 saturated carbocycles. The van der Waals surface area contributed by atoms with Gasteiger partial charge in [0, 0.05) is 6.20 Å². The Balaban J connectivity index is 1.96. The molecule has 8 heteroatoms. The van der Waals surface area contributed by atoms with Crippen LogP contribution in [0.25, 0.3) is 17.1 Å². The predicted octanol–water partition coefficient (Wildman–Crippen LogP) is 3.68. The topological polar surface area (TPSA) is 80.9 Å². The van der Waals surface area contributed by atoms with Crippen molar-refractivity contribution in [1.82, 2.24) is 9.38 Å². The highest BCUT2D eigenvalue weighted by Gasteiger charge is 2.14. The molecule has 0 spiro atoms. The number of carboxylic acids is 1. The van der Waals surface area contributed by atoms with E-state index < -0.39 is 11.5 Å².